The predicted molar refractivity (Wildman–Crippen MR) is 96.6 cm³/mol. The Morgan fingerprint density at radius 3 is 2.52 bits per heavy atom. The summed E-state index contributed by atoms with van der Waals surface area (Å²) in [6, 6.07) is -0.143. The molecule has 1 unspecified atom stereocenters. The first-order valence-electron chi connectivity index (χ1n) is 8.31. The fourth-order valence-corrected chi connectivity index (χ4v) is 3.86. The van der Waals surface area contributed by atoms with Gasteiger partial charge in [0, 0.05) is 31.7 Å². The van der Waals surface area contributed by atoms with Gasteiger partial charge in [0.05, 0.1) is 13.2 Å². The molecule has 2 fully saturated rings. The van der Waals surface area contributed by atoms with Gasteiger partial charge in [-0.25, -0.2) is 0 Å². The standard InChI is InChI=1S/C16H27N3O2.2ClH/c20-15(14-5-4-8-17-14)18-13-16(6-2-1-3-7-16)19-9-11-21-12-10-19;;/h4-5,14,17H,1-3,6-13H2,(H,18,20);2*1H. The third kappa shape index (κ3) is 5.07. The summed E-state index contributed by atoms with van der Waals surface area (Å²) < 4.78 is 5.49. The van der Waals surface area contributed by atoms with Gasteiger partial charge in [0.25, 0.3) is 0 Å². The van der Waals surface area contributed by atoms with Gasteiger partial charge in [-0.1, -0.05) is 31.4 Å². The van der Waals surface area contributed by atoms with Crippen molar-refractivity contribution in [1.29, 1.82) is 0 Å². The van der Waals surface area contributed by atoms with Gasteiger partial charge in [-0.15, -0.1) is 24.8 Å². The molecule has 0 aromatic rings. The van der Waals surface area contributed by atoms with Crippen LogP contribution in [0.4, 0.5) is 0 Å². The van der Waals surface area contributed by atoms with Gasteiger partial charge in [-0.2, -0.15) is 0 Å². The van der Waals surface area contributed by atoms with Crippen LogP contribution in [-0.2, 0) is 9.53 Å². The molecule has 1 saturated carbocycles. The molecule has 0 spiro atoms. The number of hydrogen-bond acceptors (Lipinski definition) is 4. The number of nitrogens with one attached hydrogen (secondary N) is 2. The maximum absolute atomic E-state index is 12.2. The van der Waals surface area contributed by atoms with Crippen LogP contribution >= 0.6 is 24.8 Å². The van der Waals surface area contributed by atoms with E-state index in [9.17, 15) is 4.79 Å². The Bertz CT molecular complexity index is 395. The fourth-order valence-electron chi connectivity index (χ4n) is 3.86. The van der Waals surface area contributed by atoms with E-state index in [0.29, 0.717) is 0 Å². The van der Waals surface area contributed by atoms with E-state index in [4.69, 9.17) is 4.74 Å². The molecule has 1 aliphatic carbocycles. The first-order chi connectivity index (χ1) is 10.3. The van der Waals surface area contributed by atoms with Gasteiger partial charge < -0.3 is 10.1 Å². The third-order valence-corrected chi connectivity index (χ3v) is 5.12. The molecule has 0 bridgehead atoms. The van der Waals surface area contributed by atoms with Crippen molar-refractivity contribution in [2.75, 3.05) is 39.4 Å². The van der Waals surface area contributed by atoms with E-state index in [2.05, 4.69) is 15.5 Å². The Kier molecular flexibility index (Phi) is 8.86. The summed E-state index contributed by atoms with van der Waals surface area (Å²) in [4.78, 5) is 14.8. The molecule has 3 aliphatic rings. The second-order valence-corrected chi connectivity index (χ2v) is 6.42. The third-order valence-electron chi connectivity index (χ3n) is 5.12. The smallest absolute Gasteiger partial charge is 0.241 e. The average Bonchev–Trinajstić information content (AvgIpc) is 3.09. The first-order valence-corrected chi connectivity index (χ1v) is 8.31. The summed E-state index contributed by atoms with van der Waals surface area (Å²) in [5.74, 6) is 0.113. The van der Waals surface area contributed by atoms with Crippen molar-refractivity contribution < 1.29 is 9.53 Å². The molecule has 2 aliphatic heterocycles. The number of carbonyl (C=O) groups is 1. The number of rotatable bonds is 4. The molecule has 0 aromatic heterocycles. The van der Waals surface area contributed by atoms with Gasteiger partial charge in [0.1, 0.15) is 6.04 Å². The summed E-state index contributed by atoms with van der Waals surface area (Å²) in [5.41, 5.74) is 0.153. The minimum Gasteiger partial charge on any atom is -0.379 e. The van der Waals surface area contributed by atoms with Crippen molar-refractivity contribution in [2.24, 2.45) is 0 Å². The van der Waals surface area contributed by atoms with Gasteiger partial charge in [0.15, 0.2) is 0 Å². The van der Waals surface area contributed by atoms with Crippen molar-refractivity contribution in [3.05, 3.63) is 12.2 Å². The topological polar surface area (TPSA) is 53.6 Å². The minimum absolute atomic E-state index is 0. The number of carbonyl (C=O) groups excluding carboxylic acids is 1. The molecular weight excluding hydrogens is 337 g/mol. The van der Waals surface area contributed by atoms with Gasteiger partial charge in [0.2, 0.25) is 5.91 Å². The van der Waals surface area contributed by atoms with Crippen LogP contribution in [0.25, 0.3) is 0 Å². The molecule has 2 heterocycles. The molecular formula is C16H29Cl2N3O2. The summed E-state index contributed by atoms with van der Waals surface area (Å²) in [6.45, 7) is 5.21. The van der Waals surface area contributed by atoms with Crippen molar-refractivity contribution in [3.63, 3.8) is 0 Å². The monoisotopic (exact) mass is 365 g/mol. The fraction of sp³-hybridized carbons (Fsp3) is 0.812. The SMILES string of the molecule is Cl.Cl.O=C(NCC1(N2CCOCC2)CCCCC1)C1C=CCN1. The summed E-state index contributed by atoms with van der Waals surface area (Å²) in [5, 5.41) is 6.38. The second-order valence-electron chi connectivity index (χ2n) is 6.42. The highest BCUT2D eigenvalue weighted by atomic mass is 35.5. The van der Waals surface area contributed by atoms with E-state index < -0.39 is 0 Å². The first kappa shape index (κ1) is 20.7. The summed E-state index contributed by atoms with van der Waals surface area (Å²) >= 11 is 0. The van der Waals surface area contributed by atoms with Crippen molar-refractivity contribution in [3.8, 4) is 0 Å². The quantitative estimate of drug-likeness (QED) is 0.741. The molecule has 7 heteroatoms. The Balaban J connectivity index is 0.00000132. The zero-order valence-corrected chi connectivity index (χ0v) is 15.2. The molecule has 1 amide bonds. The molecule has 1 saturated heterocycles. The van der Waals surface area contributed by atoms with Crippen LogP contribution in [0, 0.1) is 0 Å². The highest BCUT2D eigenvalue weighted by Crippen LogP contribution is 2.33. The highest BCUT2D eigenvalue weighted by molar-refractivity contribution is 5.85. The van der Waals surface area contributed by atoms with Crippen molar-refractivity contribution in [2.45, 2.75) is 43.7 Å². The number of halogens is 2. The van der Waals surface area contributed by atoms with E-state index in [0.717, 1.165) is 39.4 Å². The second kappa shape index (κ2) is 9.84. The Labute approximate surface area is 151 Å². The summed E-state index contributed by atoms with van der Waals surface area (Å²) in [7, 11) is 0. The van der Waals surface area contributed by atoms with Crippen molar-refractivity contribution >= 4 is 30.7 Å². The molecule has 134 valence electrons. The lowest BCUT2D eigenvalue weighted by Gasteiger charge is -2.48. The number of ether oxygens (including phenoxy) is 1. The van der Waals surface area contributed by atoms with E-state index >= 15 is 0 Å². The van der Waals surface area contributed by atoms with E-state index in [1.54, 1.807) is 0 Å². The Morgan fingerprint density at radius 2 is 1.91 bits per heavy atom. The maximum atomic E-state index is 12.2. The Morgan fingerprint density at radius 1 is 1.22 bits per heavy atom. The van der Waals surface area contributed by atoms with Crippen LogP contribution in [0.5, 0.6) is 0 Å². The molecule has 2 N–H and O–H groups in total. The molecule has 0 aromatic carbocycles. The number of nitrogens with zero attached hydrogens (tertiary/aromatic N) is 1. The lowest BCUT2D eigenvalue weighted by Crippen LogP contribution is -2.60. The number of amides is 1. The lowest BCUT2D eigenvalue weighted by molar-refractivity contribution is -0.123. The largest absolute Gasteiger partial charge is 0.379 e. The van der Waals surface area contributed by atoms with Crippen LogP contribution in [0.3, 0.4) is 0 Å². The normalized spacial score (nSPS) is 26.9. The molecule has 3 rings (SSSR count). The van der Waals surface area contributed by atoms with Gasteiger partial charge in [-0.3, -0.25) is 15.0 Å². The van der Waals surface area contributed by atoms with Crippen LogP contribution < -0.4 is 10.6 Å². The van der Waals surface area contributed by atoms with Gasteiger partial charge >= 0.3 is 0 Å². The highest BCUT2D eigenvalue weighted by Gasteiger charge is 2.39. The minimum atomic E-state index is -0.143. The van der Waals surface area contributed by atoms with Crippen LogP contribution in [0.15, 0.2) is 12.2 Å². The number of morpholine rings is 1. The van der Waals surface area contributed by atoms with E-state index in [1.165, 1.54) is 32.1 Å². The van der Waals surface area contributed by atoms with Crippen LogP contribution in [0.2, 0.25) is 0 Å². The maximum Gasteiger partial charge on any atom is 0.241 e. The predicted octanol–water partition coefficient (Wildman–Crippen LogP) is 1.51. The number of hydrogen-bond donors (Lipinski definition) is 2. The zero-order valence-electron chi connectivity index (χ0n) is 13.6. The molecule has 1 atom stereocenters. The van der Waals surface area contributed by atoms with Crippen LogP contribution in [0.1, 0.15) is 32.1 Å². The average molecular weight is 366 g/mol. The molecule has 23 heavy (non-hydrogen) atoms. The van der Waals surface area contributed by atoms with Crippen molar-refractivity contribution in [1.82, 2.24) is 15.5 Å². The van der Waals surface area contributed by atoms with E-state index in [1.807, 2.05) is 12.2 Å². The lowest BCUT2D eigenvalue weighted by atomic mass is 9.79. The molecule has 5 nitrogen and oxygen atoms in total. The van der Waals surface area contributed by atoms with Crippen LogP contribution in [-0.4, -0.2) is 61.8 Å². The Hall–Kier alpha value is -0.330. The summed E-state index contributed by atoms with van der Waals surface area (Å²) in [6.07, 6.45) is 10.2. The zero-order chi connectivity index (χ0) is 14.5. The molecule has 0 radical (unpaired) electrons. The van der Waals surface area contributed by atoms with E-state index in [-0.39, 0.29) is 42.3 Å². The van der Waals surface area contributed by atoms with Gasteiger partial charge in [-0.05, 0) is 12.8 Å².